The lowest BCUT2D eigenvalue weighted by molar-refractivity contribution is 0.134. The van der Waals surface area contributed by atoms with Crippen LogP contribution >= 0.6 is 0 Å². The van der Waals surface area contributed by atoms with Crippen LogP contribution < -0.4 is 9.47 Å². The standard InChI is InChI=1S/C29H32N8O2/c1-34-9-11-36(12-10-34)13-14-38-25-7-8-37-27(18-30-28(37)15-25)26-16-29(32-21-31-26)39-20-22-3-5-23(6-4-22)24-17-33-35(2)19-24/h3-8,15-19,21H,9-14,20H2,1-2H3. The number of nitrogens with zero attached hydrogens (tertiary/aromatic N) is 8. The van der Waals surface area contributed by atoms with Crippen LogP contribution in [0.15, 0.2) is 73.6 Å². The molecule has 0 amide bonds. The molecule has 1 aliphatic rings. The summed E-state index contributed by atoms with van der Waals surface area (Å²) in [4.78, 5) is 18.1. The topological polar surface area (TPSA) is 85.8 Å². The van der Waals surface area contributed by atoms with Crippen LogP contribution in [-0.2, 0) is 13.7 Å². The van der Waals surface area contributed by atoms with Crippen molar-refractivity contribution >= 4 is 5.65 Å². The number of fused-ring (bicyclic) bond motifs is 1. The summed E-state index contributed by atoms with van der Waals surface area (Å²) >= 11 is 0. The Kier molecular flexibility index (Phi) is 7.20. The first-order valence-corrected chi connectivity index (χ1v) is 13.1. The lowest BCUT2D eigenvalue weighted by atomic mass is 10.1. The Morgan fingerprint density at radius 3 is 2.49 bits per heavy atom. The second kappa shape index (κ2) is 11.2. The maximum Gasteiger partial charge on any atom is 0.217 e. The highest BCUT2D eigenvalue weighted by molar-refractivity contribution is 5.62. The molecule has 200 valence electrons. The summed E-state index contributed by atoms with van der Waals surface area (Å²) < 4.78 is 15.8. The zero-order chi connectivity index (χ0) is 26.6. The Balaban J connectivity index is 1.08. The third-order valence-electron chi connectivity index (χ3n) is 7.04. The third kappa shape index (κ3) is 5.92. The van der Waals surface area contributed by atoms with E-state index in [-0.39, 0.29) is 0 Å². The van der Waals surface area contributed by atoms with Gasteiger partial charge in [-0.1, -0.05) is 24.3 Å². The number of rotatable bonds is 9. The lowest BCUT2D eigenvalue weighted by Gasteiger charge is -2.32. The molecule has 10 heteroatoms. The van der Waals surface area contributed by atoms with Gasteiger partial charge in [0.2, 0.25) is 5.88 Å². The van der Waals surface area contributed by atoms with Gasteiger partial charge in [0.25, 0.3) is 0 Å². The molecule has 1 saturated heterocycles. The zero-order valence-electron chi connectivity index (χ0n) is 22.3. The summed E-state index contributed by atoms with van der Waals surface area (Å²) in [7, 11) is 4.08. The van der Waals surface area contributed by atoms with Crippen molar-refractivity contribution in [1.29, 1.82) is 0 Å². The minimum atomic E-state index is 0.408. The zero-order valence-corrected chi connectivity index (χ0v) is 22.3. The van der Waals surface area contributed by atoms with E-state index in [0.717, 1.165) is 72.2 Å². The average molecular weight is 525 g/mol. The Hall–Kier alpha value is -4.28. The molecule has 10 nitrogen and oxygen atoms in total. The van der Waals surface area contributed by atoms with Crippen molar-refractivity contribution in [3.63, 3.8) is 0 Å². The number of ether oxygens (including phenoxy) is 2. The van der Waals surface area contributed by atoms with Crippen molar-refractivity contribution in [3.8, 4) is 34.1 Å². The summed E-state index contributed by atoms with van der Waals surface area (Å²) in [6.07, 6.45) is 9.16. The SMILES string of the molecule is CN1CCN(CCOc2ccn3c(-c4cc(OCc5ccc(-c6cnn(C)c6)cc5)ncn4)cnc3c2)CC1. The molecule has 1 aliphatic heterocycles. The fraction of sp³-hybridized carbons (Fsp3) is 0.310. The number of hydrogen-bond donors (Lipinski definition) is 0. The predicted octanol–water partition coefficient (Wildman–Crippen LogP) is 3.40. The fourth-order valence-corrected chi connectivity index (χ4v) is 4.68. The van der Waals surface area contributed by atoms with Crippen LogP contribution in [0.5, 0.6) is 11.6 Å². The molecule has 0 aliphatic carbocycles. The molecule has 0 radical (unpaired) electrons. The number of imidazole rings is 1. The highest BCUT2D eigenvalue weighted by atomic mass is 16.5. The first-order valence-electron chi connectivity index (χ1n) is 13.1. The molecule has 1 aromatic carbocycles. The van der Waals surface area contributed by atoms with E-state index in [1.807, 2.05) is 54.4 Å². The van der Waals surface area contributed by atoms with Crippen molar-refractivity contribution < 1.29 is 9.47 Å². The van der Waals surface area contributed by atoms with Crippen molar-refractivity contribution in [2.24, 2.45) is 7.05 Å². The minimum absolute atomic E-state index is 0.408. The monoisotopic (exact) mass is 524 g/mol. The minimum Gasteiger partial charge on any atom is -0.492 e. The van der Waals surface area contributed by atoms with Gasteiger partial charge in [-0.05, 0) is 24.2 Å². The summed E-state index contributed by atoms with van der Waals surface area (Å²) in [6, 6.07) is 14.0. The van der Waals surface area contributed by atoms with Crippen molar-refractivity contribution in [2.45, 2.75) is 6.61 Å². The van der Waals surface area contributed by atoms with Gasteiger partial charge in [0.05, 0.1) is 23.8 Å². The molecule has 0 saturated carbocycles. The fourth-order valence-electron chi connectivity index (χ4n) is 4.68. The maximum absolute atomic E-state index is 6.03. The molecule has 5 aromatic rings. The Morgan fingerprint density at radius 2 is 1.69 bits per heavy atom. The van der Waals surface area contributed by atoms with Crippen LogP contribution in [0.1, 0.15) is 5.56 Å². The molecule has 5 heterocycles. The number of pyridine rings is 1. The van der Waals surface area contributed by atoms with E-state index in [0.29, 0.717) is 19.1 Å². The molecule has 4 aromatic heterocycles. The Labute approximate surface area is 227 Å². The number of aromatic nitrogens is 6. The van der Waals surface area contributed by atoms with E-state index in [9.17, 15) is 0 Å². The molecule has 6 rings (SSSR count). The molecule has 0 bridgehead atoms. The molecule has 0 unspecified atom stereocenters. The first-order chi connectivity index (χ1) is 19.1. The molecule has 1 fully saturated rings. The van der Waals surface area contributed by atoms with Crippen molar-refractivity contribution in [1.82, 2.24) is 38.9 Å². The van der Waals surface area contributed by atoms with Gasteiger partial charge in [-0.25, -0.2) is 15.0 Å². The average Bonchev–Trinajstić information content (AvgIpc) is 3.59. The number of hydrogen-bond acceptors (Lipinski definition) is 8. The van der Waals surface area contributed by atoms with Gasteiger partial charge in [0, 0.05) is 69.9 Å². The maximum atomic E-state index is 6.03. The number of piperazine rings is 1. The van der Waals surface area contributed by atoms with Gasteiger partial charge in [-0.2, -0.15) is 5.10 Å². The highest BCUT2D eigenvalue weighted by Gasteiger charge is 2.14. The molecular formula is C29H32N8O2. The molecular weight excluding hydrogens is 492 g/mol. The second-order valence-electron chi connectivity index (χ2n) is 9.86. The number of aryl methyl sites for hydroxylation is 1. The number of likely N-dealkylation sites (N-methyl/N-ethyl adjacent to an activating group) is 1. The first kappa shape index (κ1) is 25.0. The second-order valence-corrected chi connectivity index (χ2v) is 9.86. The van der Waals surface area contributed by atoms with Gasteiger partial charge in [-0.15, -0.1) is 0 Å². The van der Waals surface area contributed by atoms with Gasteiger partial charge < -0.3 is 14.4 Å². The summed E-state index contributed by atoms with van der Waals surface area (Å²) in [5.41, 5.74) is 5.66. The van der Waals surface area contributed by atoms with Crippen LogP contribution in [-0.4, -0.2) is 85.3 Å². The molecule has 0 N–H and O–H groups in total. The van der Waals surface area contributed by atoms with Crippen LogP contribution in [0.4, 0.5) is 0 Å². The van der Waals surface area contributed by atoms with Crippen LogP contribution in [0.3, 0.4) is 0 Å². The van der Waals surface area contributed by atoms with E-state index in [1.165, 1.54) is 6.33 Å². The normalized spacial score (nSPS) is 14.6. The van der Waals surface area contributed by atoms with Crippen LogP contribution in [0, 0.1) is 0 Å². The number of benzene rings is 1. The third-order valence-corrected chi connectivity index (χ3v) is 7.04. The van der Waals surface area contributed by atoms with Crippen LogP contribution in [0.25, 0.3) is 28.2 Å². The quantitative estimate of drug-likeness (QED) is 0.290. The summed E-state index contributed by atoms with van der Waals surface area (Å²) in [5, 5.41) is 4.24. The molecule has 0 atom stereocenters. The highest BCUT2D eigenvalue weighted by Crippen LogP contribution is 2.24. The summed E-state index contributed by atoms with van der Waals surface area (Å²) in [6.45, 7) is 6.39. The van der Waals surface area contributed by atoms with E-state index in [4.69, 9.17) is 9.47 Å². The predicted molar refractivity (Wildman–Crippen MR) is 149 cm³/mol. The Bertz CT molecular complexity index is 1540. The largest absolute Gasteiger partial charge is 0.492 e. The van der Waals surface area contributed by atoms with Gasteiger partial charge in [0.1, 0.15) is 30.9 Å². The van der Waals surface area contributed by atoms with Gasteiger partial charge in [-0.3, -0.25) is 14.0 Å². The van der Waals surface area contributed by atoms with Crippen LogP contribution in [0.2, 0.25) is 0 Å². The smallest absolute Gasteiger partial charge is 0.217 e. The van der Waals surface area contributed by atoms with Gasteiger partial charge in [0.15, 0.2) is 0 Å². The van der Waals surface area contributed by atoms with E-state index in [1.54, 1.807) is 4.68 Å². The van der Waals surface area contributed by atoms with E-state index < -0.39 is 0 Å². The molecule has 0 spiro atoms. The van der Waals surface area contributed by atoms with Crippen molar-refractivity contribution in [3.05, 3.63) is 79.1 Å². The lowest BCUT2D eigenvalue weighted by Crippen LogP contribution is -2.45. The van der Waals surface area contributed by atoms with E-state index >= 15 is 0 Å². The molecule has 39 heavy (non-hydrogen) atoms. The van der Waals surface area contributed by atoms with E-state index in [2.05, 4.69) is 61.2 Å². The van der Waals surface area contributed by atoms with Crippen molar-refractivity contribution in [2.75, 3.05) is 46.4 Å². The van der Waals surface area contributed by atoms with Gasteiger partial charge >= 0.3 is 0 Å². The summed E-state index contributed by atoms with van der Waals surface area (Å²) in [5.74, 6) is 1.32. The Morgan fingerprint density at radius 1 is 0.846 bits per heavy atom.